The van der Waals surface area contributed by atoms with Crippen molar-refractivity contribution in [3.05, 3.63) is 42.0 Å². The number of amides is 1. The van der Waals surface area contributed by atoms with E-state index in [2.05, 4.69) is 10.4 Å². The van der Waals surface area contributed by atoms with E-state index in [1.54, 1.807) is 6.07 Å². The van der Waals surface area contributed by atoms with Gasteiger partial charge in [-0.1, -0.05) is 20.8 Å². The van der Waals surface area contributed by atoms with Crippen LogP contribution in [0.4, 0.5) is 8.78 Å². The van der Waals surface area contributed by atoms with E-state index in [1.165, 1.54) is 24.5 Å². The highest BCUT2D eigenvalue weighted by atomic mass is 32.2. The molecular formula is C25H31F2N5O3S. The van der Waals surface area contributed by atoms with Crippen molar-refractivity contribution < 1.29 is 22.0 Å². The Morgan fingerprint density at radius 1 is 1.17 bits per heavy atom. The molecule has 3 aromatic rings. The van der Waals surface area contributed by atoms with Gasteiger partial charge in [0, 0.05) is 30.8 Å². The van der Waals surface area contributed by atoms with Crippen LogP contribution in [0.2, 0.25) is 0 Å². The molecule has 2 saturated carbocycles. The number of alkyl halides is 2. The number of carbonyl (C=O) groups is 1. The number of aromatic nitrogens is 4. The summed E-state index contributed by atoms with van der Waals surface area (Å²) in [7, 11) is -4.04. The number of fused-ring (bicyclic) bond motifs is 1. The van der Waals surface area contributed by atoms with Crippen molar-refractivity contribution in [2.45, 2.75) is 88.1 Å². The SMILES string of the molecule is CC(C)(C)c1nc2cc(S(=O)(=O)n3cc(C(=O)NC4CC4)cn3)ccc2n1CC1CCC(F)(F)CC1. The monoisotopic (exact) mass is 519 g/mol. The van der Waals surface area contributed by atoms with Crippen LogP contribution in [0.3, 0.4) is 0 Å². The molecule has 2 heterocycles. The average Bonchev–Trinajstić information content (AvgIpc) is 3.32. The summed E-state index contributed by atoms with van der Waals surface area (Å²) in [5.41, 5.74) is 1.13. The smallest absolute Gasteiger partial charge is 0.283 e. The normalized spacial score (nSPS) is 19.0. The lowest BCUT2D eigenvalue weighted by Crippen LogP contribution is -2.28. The summed E-state index contributed by atoms with van der Waals surface area (Å²) >= 11 is 0. The van der Waals surface area contributed by atoms with Crippen molar-refractivity contribution in [3.63, 3.8) is 0 Å². The lowest BCUT2D eigenvalue weighted by Gasteiger charge is -2.30. The van der Waals surface area contributed by atoms with E-state index in [1.807, 2.05) is 25.3 Å². The van der Waals surface area contributed by atoms with E-state index in [4.69, 9.17) is 4.98 Å². The van der Waals surface area contributed by atoms with Crippen molar-refractivity contribution >= 4 is 27.0 Å². The minimum absolute atomic E-state index is 0.00895. The summed E-state index contributed by atoms with van der Waals surface area (Å²) in [6.45, 7) is 6.63. The number of hydrogen-bond acceptors (Lipinski definition) is 5. The number of benzene rings is 1. The van der Waals surface area contributed by atoms with Crippen LogP contribution in [-0.2, 0) is 22.0 Å². The highest BCUT2D eigenvalue weighted by Crippen LogP contribution is 2.38. The first kappa shape index (κ1) is 24.9. The van der Waals surface area contributed by atoms with Crippen molar-refractivity contribution in [2.75, 3.05) is 0 Å². The molecule has 2 aliphatic rings. The summed E-state index contributed by atoms with van der Waals surface area (Å²) in [5, 5.41) is 6.74. The fourth-order valence-electron chi connectivity index (χ4n) is 4.73. The van der Waals surface area contributed by atoms with Crippen molar-refractivity contribution in [2.24, 2.45) is 5.92 Å². The van der Waals surface area contributed by atoms with Crippen LogP contribution in [-0.4, -0.2) is 45.0 Å². The number of carbonyl (C=O) groups excluding carboxylic acids is 1. The van der Waals surface area contributed by atoms with Crippen LogP contribution in [0, 0.1) is 5.92 Å². The summed E-state index contributed by atoms with van der Waals surface area (Å²) in [6, 6.07) is 4.88. The summed E-state index contributed by atoms with van der Waals surface area (Å²) in [4.78, 5) is 17.1. The molecule has 2 aromatic heterocycles. The van der Waals surface area contributed by atoms with Crippen molar-refractivity contribution in [1.29, 1.82) is 0 Å². The van der Waals surface area contributed by atoms with E-state index >= 15 is 0 Å². The Bertz CT molecular complexity index is 1410. The van der Waals surface area contributed by atoms with Gasteiger partial charge in [-0.3, -0.25) is 4.79 Å². The van der Waals surface area contributed by atoms with Gasteiger partial charge in [-0.2, -0.15) is 17.6 Å². The molecule has 0 unspecified atom stereocenters. The molecule has 0 bridgehead atoms. The van der Waals surface area contributed by atoms with Gasteiger partial charge in [0.1, 0.15) is 5.82 Å². The van der Waals surface area contributed by atoms with Crippen LogP contribution in [0.5, 0.6) is 0 Å². The van der Waals surface area contributed by atoms with Gasteiger partial charge in [-0.25, -0.2) is 13.8 Å². The zero-order chi connectivity index (χ0) is 25.9. The topological polar surface area (TPSA) is 98.9 Å². The molecule has 1 amide bonds. The third-order valence-electron chi connectivity index (χ3n) is 6.95. The van der Waals surface area contributed by atoms with Crippen molar-refractivity contribution in [3.8, 4) is 0 Å². The molecule has 194 valence electrons. The van der Waals surface area contributed by atoms with Gasteiger partial charge in [-0.15, -0.1) is 0 Å². The maximum absolute atomic E-state index is 13.7. The second kappa shape index (κ2) is 8.64. The van der Waals surface area contributed by atoms with Crippen LogP contribution < -0.4 is 5.32 Å². The minimum atomic E-state index is -4.04. The molecule has 36 heavy (non-hydrogen) atoms. The maximum Gasteiger partial charge on any atom is 0.283 e. The Balaban J connectivity index is 1.46. The molecule has 5 rings (SSSR count). The number of imidazole rings is 1. The van der Waals surface area contributed by atoms with Gasteiger partial charge in [0.25, 0.3) is 15.9 Å². The Labute approximate surface area is 209 Å². The summed E-state index contributed by atoms with van der Waals surface area (Å²) in [5.74, 6) is -2.05. The van der Waals surface area contributed by atoms with E-state index in [9.17, 15) is 22.0 Å². The quantitative estimate of drug-likeness (QED) is 0.518. The summed E-state index contributed by atoms with van der Waals surface area (Å²) < 4.78 is 56.8. The van der Waals surface area contributed by atoms with Crippen LogP contribution in [0.1, 0.15) is 75.5 Å². The number of nitrogens with zero attached hydrogens (tertiary/aromatic N) is 4. The molecule has 1 aromatic carbocycles. The molecule has 0 radical (unpaired) electrons. The Morgan fingerprint density at radius 2 is 1.86 bits per heavy atom. The molecule has 2 aliphatic carbocycles. The van der Waals surface area contributed by atoms with E-state index < -0.39 is 15.9 Å². The highest BCUT2D eigenvalue weighted by Gasteiger charge is 2.36. The molecule has 0 aliphatic heterocycles. The highest BCUT2D eigenvalue weighted by molar-refractivity contribution is 7.89. The fourth-order valence-corrected chi connectivity index (χ4v) is 5.87. The van der Waals surface area contributed by atoms with E-state index in [0.717, 1.165) is 28.3 Å². The standard InChI is InChI=1S/C25H31F2N5O3S/c1-24(2,3)23-30-20-12-19(6-7-21(20)31(23)14-16-8-10-25(26,27)11-9-16)36(34,35)32-15-17(13-28-32)22(33)29-18-4-5-18/h6-7,12-13,15-16,18H,4-5,8-11,14H2,1-3H3,(H,29,33). The van der Waals surface area contributed by atoms with E-state index in [0.29, 0.717) is 24.9 Å². The molecule has 2 fully saturated rings. The first-order chi connectivity index (χ1) is 16.8. The predicted octanol–water partition coefficient (Wildman–Crippen LogP) is 4.49. The molecule has 0 atom stereocenters. The second-order valence-electron chi connectivity index (χ2n) is 11.1. The average molecular weight is 520 g/mol. The van der Waals surface area contributed by atoms with Crippen LogP contribution >= 0.6 is 0 Å². The lowest BCUT2D eigenvalue weighted by atomic mass is 9.86. The molecule has 11 heteroatoms. The third kappa shape index (κ3) is 4.89. The second-order valence-corrected chi connectivity index (χ2v) is 12.9. The lowest BCUT2D eigenvalue weighted by molar-refractivity contribution is -0.0473. The number of nitrogens with one attached hydrogen (secondary N) is 1. The van der Waals surface area contributed by atoms with Crippen LogP contribution in [0.15, 0.2) is 35.5 Å². The Kier molecular flexibility index (Phi) is 5.96. The van der Waals surface area contributed by atoms with Crippen molar-refractivity contribution in [1.82, 2.24) is 24.1 Å². The summed E-state index contributed by atoms with van der Waals surface area (Å²) in [6.07, 6.45) is 4.98. The third-order valence-corrected chi connectivity index (χ3v) is 8.49. The predicted molar refractivity (Wildman–Crippen MR) is 131 cm³/mol. The molecular weight excluding hydrogens is 488 g/mol. The fraction of sp³-hybridized carbons (Fsp3) is 0.560. The van der Waals surface area contributed by atoms with Gasteiger partial charge >= 0.3 is 0 Å². The first-order valence-corrected chi connectivity index (χ1v) is 13.8. The minimum Gasteiger partial charge on any atom is -0.349 e. The molecule has 0 saturated heterocycles. The van der Waals surface area contributed by atoms with Gasteiger partial charge in [0.15, 0.2) is 0 Å². The number of rotatable bonds is 6. The largest absolute Gasteiger partial charge is 0.349 e. The Hall–Kier alpha value is -2.82. The van der Waals surface area contributed by atoms with E-state index in [-0.39, 0.29) is 46.6 Å². The van der Waals surface area contributed by atoms with Gasteiger partial charge in [0.2, 0.25) is 5.92 Å². The van der Waals surface area contributed by atoms with Crippen LogP contribution in [0.25, 0.3) is 11.0 Å². The van der Waals surface area contributed by atoms with Gasteiger partial charge < -0.3 is 9.88 Å². The zero-order valence-electron chi connectivity index (χ0n) is 20.7. The number of hydrogen-bond donors (Lipinski definition) is 1. The molecule has 8 nitrogen and oxygen atoms in total. The first-order valence-electron chi connectivity index (χ1n) is 12.3. The van der Waals surface area contributed by atoms with Gasteiger partial charge in [0.05, 0.1) is 33.9 Å². The Morgan fingerprint density at radius 3 is 2.50 bits per heavy atom. The van der Waals surface area contributed by atoms with Gasteiger partial charge in [-0.05, 0) is 49.8 Å². The maximum atomic E-state index is 13.7. The molecule has 1 N–H and O–H groups in total. The zero-order valence-corrected chi connectivity index (χ0v) is 21.5. The molecule has 0 spiro atoms. The number of halogens is 2.